The van der Waals surface area contributed by atoms with Gasteiger partial charge in [0.05, 0.1) is 13.2 Å². The third-order valence-corrected chi connectivity index (χ3v) is 5.35. The Morgan fingerprint density at radius 2 is 2.08 bits per heavy atom. The van der Waals surface area contributed by atoms with E-state index in [2.05, 4.69) is 11.4 Å². The number of nitrogens with one attached hydrogen (secondary N) is 1. The summed E-state index contributed by atoms with van der Waals surface area (Å²) in [6, 6.07) is 13.6. The lowest BCUT2D eigenvalue weighted by Gasteiger charge is -2.40. The molecule has 0 saturated heterocycles. The Labute approximate surface area is 153 Å². The highest BCUT2D eigenvalue weighted by molar-refractivity contribution is 5.98. The van der Waals surface area contributed by atoms with Crippen molar-refractivity contribution in [2.75, 3.05) is 20.2 Å². The van der Waals surface area contributed by atoms with Crippen LogP contribution in [-0.2, 0) is 17.6 Å². The predicted octanol–water partition coefficient (Wildman–Crippen LogP) is 2.50. The monoisotopic (exact) mass is 350 g/mol. The number of rotatable bonds is 4. The summed E-state index contributed by atoms with van der Waals surface area (Å²) in [4.78, 5) is 27.0. The Hall–Kier alpha value is -2.82. The van der Waals surface area contributed by atoms with E-state index in [0.717, 1.165) is 23.3 Å². The van der Waals surface area contributed by atoms with Crippen LogP contribution in [0.2, 0.25) is 0 Å². The van der Waals surface area contributed by atoms with Crippen molar-refractivity contribution in [3.63, 3.8) is 0 Å². The zero-order valence-electron chi connectivity index (χ0n) is 14.8. The summed E-state index contributed by atoms with van der Waals surface area (Å²) in [5, 5.41) is 2.92. The SMILES string of the molecule is COc1ccccc1CCC(=O)N1CCc2cccc3c2C1CNC3=O. The van der Waals surface area contributed by atoms with Gasteiger partial charge in [0, 0.05) is 25.1 Å². The second-order valence-corrected chi connectivity index (χ2v) is 6.75. The maximum absolute atomic E-state index is 12.9. The highest BCUT2D eigenvalue weighted by Gasteiger charge is 2.36. The highest BCUT2D eigenvalue weighted by Crippen LogP contribution is 2.35. The van der Waals surface area contributed by atoms with E-state index in [-0.39, 0.29) is 17.9 Å². The van der Waals surface area contributed by atoms with Crippen molar-refractivity contribution >= 4 is 11.8 Å². The van der Waals surface area contributed by atoms with Crippen LogP contribution in [0.5, 0.6) is 5.75 Å². The molecule has 2 aliphatic rings. The molecule has 0 aromatic heterocycles. The number of hydrogen-bond donors (Lipinski definition) is 1. The minimum absolute atomic E-state index is 0.0404. The number of methoxy groups -OCH3 is 1. The molecule has 0 radical (unpaired) electrons. The van der Waals surface area contributed by atoms with Gasteiger partial charge in [-0.1, -0.05) is 30.3 Å². The Kier molecular flexibility index (Phi) is 4.37. The number of ether oxygens (including phenoxy) is 1. The van der Waals surface area contributed by atoms with Crippen molar-refractivity contribution in [1.29, 1.82) is 0 Å². The highest BCUT2D eigenvalue weighted by atomic mass is 16.5. The van der Waals surface area contributed by atoms with E-state index in [9.17, 15) is 9.59 Å². The maximum Gasteiger partial charge on any atom is 0.251 e. The van der Waals surface area contributed by atoms with Crippen molar-refractivity contribution in [1.82, 2.24) is 10.2 Å². The van der Waals surface area contributed by atoms with E-state index in [4.69, 9.17) is 4.74 Å². The van der Waals surface area contributed by atoms with Gasteiger partial charge in [-0.15, -0.1) is 0 Å². The summed E-state index contributed by atoms with van der Waals surface area (Å²) in [5.41, 5.74) is 3.98. The number of aryl methyl sites for hydroxylation is 1. The number of amides is 2. The molecule has 2 amide bonds. The molecule has 5 nitrogen and oxygen atoms in total. The summed E-state index contributed by atoms with van der Waals surface area (Å²) in [7, 11) is 1.65. The molecule has 1 atom stereocenters. The van der Waals surface area contributed by atoms with Crippen LogP contribution in [0.15, 0.2) is 42.5 Å². The lowest BCUT2D eigenvalue weighted by molar-refractivity contribution is -0.134. The molecule has 134 valence electrons. The fourth-order valence-electron chi connectivity index (χ4n) is 4.07. The molecule has 1 unspecified atom stereocenters. The number of hydrogen-bond acceptors (Lipinski definition) is 3. The predicted molar refractivity (Wildman–Crippen MR) is 98.2 cm³/mol. The standard InChI is InChI=1S/C21H22N2O3/c1-26-18-8-3-2-5-14(18)9-10-19(24)23-12-11-15-6-4-7-16-20(15)17(23)13-22-21(16)25/h2-8,17H,9-13H2,1H3,(H,22,25). The van der Waals surface area contributed by atoms with E-state index >= 15 is 0 Å². The fraction of sp³-hybridized carbons (Fsp3) is 0.333. The molecule has 4 rings (SSSR count). The van der Waals surface area contributed by atoms with Crippen LogP contribution in [0.25, 0.3) is 0 Å². The van der Waals surface area contributed by atoms with Gasteiger partial charge in [-0.05, 0) is 41.7 Å². The van der Waals surface area contributed by atoms with Crippen LogP contribution in [0.1, 0.15) is 39.5 Å². The van der Waals surface area contributed by atoms with Gasteiger partial charge in [0.25, 0.3) is 5.91 Å². The lowest BCUT2D eigenvalue weighted by Crippen LogP contribution is -2.49. The van der Waals surface area contributed by atoms with E-state index in [1.165, 1.54) is 5.56 Å². The van der Waals surface area contributed by atoms with Gasteiger partial charge in [0.2, 0.25) is 5.91 Å². The first kappa shape index (κ1) is 16.6. The van der Waals surface area contributed by atoms with Crippen LogP contribution in [0.3, 0.4) is 0 Å². The molecule has 0 spiro atoms. The Morgan fingerprint density at radius 3 is 2.92 bits per heavy atom. The lowest BCUT2D eigenvalue weighted by atomic mass is 9.85. The van der Waals surface area contributed by atoms with Crippen LogP contribution in [0.4, 0.5) is 0 Å². The van der Waals surface area contributed by atoms with Gasteiger partial charge >= 0.3 is 0 Å². The van der Waals surface area contributed by atoms with Crippen molar-refractivity contribution in [2.24, 2.45) is 0 Å². The zero-order valence-corrected chi connectivity index (χ0v) is 14.8. The van der Waals surface area contributed by atoms with Crippen molar-refractivity contribution in [3.8, 4) is 5.75 Å². The third-order valence-electron chi connectivity index (χ3n) is 5.35. The summed E-state index contributed by atoms with van der Waals surface area (Å²) in [6.07, 6.45) is 1.88. The molecule has 2 aromatic rings. The minimum atomic E-state index is -0.0576. The Morgan fingerprint density at radius 1 is 1.23 bits per heavy atom. The molecule has 0 fully saturated rings. The maximum atomic E-state index is 12.9. The number of carbonyl (C=O) groups is 2. The average molecular weight is 350 g/mol. The summed E-state index contributed by atoms with van der Waals surface area (Å²) in [6.45, 7) is 1.19. The first-order valence-electron chi connectivity index (χ1n) is 9.00. The summed E-state index contributed by atoms with van der Waals surface area (Å²) < 4.78 is 5.38. The molecule has 2 heterocycles. The van der Waals surface area contributed by atoms with Crippen molar-refractivity contribution in [3.05, 3.63) is 64.7 Å². The molecule has 5 heteroatoms. The van der Waals surface area contributed by atoms with Gasteiger partial charge in [-0.2, -0.15) is 0 Å². The number of benzene rings is 2. The van der Waals surface area contributed by atoms with Gasteiger partial charge in [-0.3, -0.25) is 9.59 Å². The molecule has 0 aliphatic carbocycles. The van der Waals surface area contributed by atoms with Gasteiger partial charge in [0.15, 0.2) is 0 Å². The molecular formula is C21H22N2O3. The van der Waals surface area contributed by atoms with Crippen LogP contribution in [-0.4, -0.2) is 36.9 Å². The van der Waals surface area contributed by atoms with E-state index in [1.807, 2.05) is 41.3 Å². The molecule has 1 N–H and O–H groups in total. The smallest absolute Gasteiger partial charge is 0.251 e. The first-order chi connectivity index (χ1) is 12.7. The van der Waals surface area contributed by atoms with Crippen LogP contribution in [0, 0.1) is 0 Å². The average Bonchev–Trinajstić information content (AvgIpc) is 2.69. The normalized spacial score (nSPS) is 18.1. The number of nitrogens with zero attached hydrogens (tertiary/aromatic N) is 1. The summed E-state index contributed by atoms with van der Waals surface area (Å²) in [5.74, 6) is 0.899. The molecule has 0 bridgehead atoms. The molecular weight excluding hydrogens is 328 g/mol. The van der Waals surface area contributed by atoms with Crippen LogP contribution >= 0.6 is 0 Å². The first-order valence-corrected chi connectivity index (χ1v) is 9.00. The van der Waals surface area contributed by atoms with E-state index < -0.39 is 0 Å². The molecule has 0 saturated carbocycles. The zero-order chi connectivity index (χ0) is 18.1. The van der Waals surface area contributed by atoms with Gasteiger partial charge in [0.1, 0.15) is 5.75 Å². The largest absolute Gasteiger partial charge is 0.496 e. The number of para-hydroxylation sites is 1. The molecule has 2 aliphatic heterocycles. The quantitative estimate of drug-likeness (QED) is 0.922. The van der Waals surface area contributed by atoms with E-state index in [0.29, 0.717) is 31.5 Å². The number of carbonyl (C=O) groups excluding carboxylic acids is 2. The Balaban J connectivity index is 1.53. The van der Waals surface area contributed by atoms with E-state index in [1.54, 1.807) is 7.11 Å². The molecule has 26 heavy (non-hydrogen) atoms. The topological polar surface area (TPSA) is 58.6 Å². The van der Waals surface area contributed by atoms with Crippen molar-refractivity contribution in [2.45, 2.75) is 25.3 Å². The van der Waals surface area contributed by atoms with Gasteiger partial charge in [-0.25, -0.2) is 0 Å². The third kappa shape index (κ3) is 2.83. The van der Waals surface area contributed by atoms with Crippen LogP contribution < -0.4 is 10.1 Å². The van der Waals surface area contributed by atoms with Crippen molar-refractivity contribution < 1.29 is 14.3 Å². The minimum Gasteiger partial charge on any atom is -0.496 e. The second-order valence-electron chi connectivity index (χ2n) is 6.75. The van der Waals surface area contributed by atoms with Gasteiger partial charge < -0.3 is 15.0 Å². The Bertz CT molecular complexity index is 862. The summed E-state index contributed by atoms with van der Waals surface area (Å²) >= 11 is 0. The fourth-order valence-corrected chi connectivity index (χ4v) is 4.07. The second kappa shape index (κ2) is 6.83. The molecule has 2 aromatic carbocycles.